The molecule has 1 saturated heterocycles. The van der Waals surface area contributed by atoms with E-state index >= 15 is 0 Å². The van der Waals surface area contributed by atoms with E-state index in [1.807, 2.05) is 0 Å². The van der Waals surface area contributed by atoms with Crippen LogP contribution < -0.4 is 0 Å². The minimum atomic E-state index is -2.80. The molecule has 0 aromatic carbocycles. The summed E-state index contributed by atoms with van der Waals surface area (Å²) in [6.07, 6.45) is 0.104. The Labute approximate surface area is 79.3 Å². The van der Waals surface area contributed by atoms with Gasteiger partial charge in [-0.25, -0.2) is 8.78 Å². The molecule has 1 amide bonds. The number of carbonyl (C=O) groups is 1. The third-order valence-electron chi connectivity index (χ3n) is 2.01. The zero-order valence-corrected chi connectivity index (χ0v) is 7.49. The predicted molar refractivity (Wildman–Crippen MR) is 44.8 cm³/mol. The molecule has 1 rings (SSSR count). The van der Waals surface area contributed by atoms with Crippen LogP contribution in [0.4, 0.5) is 8.78 Å². The van der Waals surface area contributed by atoms with Crippen molar-refractivity contribution in [3.8, 4) is 0 Å². The lowest BCUT2D eigenvalue weighted by Gasteiger charge is -2.32. The van der Waals surface area contributed by atoms with E-state index < -0.39 is 18.4 Å². The molecule has 0 radical (unpaired) electrons. The zero-order valence-electron chi connectivity index (χ0n) is 7.49. The van der Waals surface area contributed by atoms with E-state index in [1.54, 1.807) is 0 Å². The topological polar surface area (TPSA) is 69.1 Å². The minimum Gasteiger partial charge on any atom is -0.337 e. The van der Waals surface area contributed by atoms with Crippen LogP contribution in [0.25, 0.3) is 10.4 Å². The molecular weight excluding hydrogens is 194 g/mol. The maximum Gasteiger partial charge on any atom is 0.265 e. The number of nitrogens with zero attached hydrogens (tertiary/aromatic N) is 4. The fourth-order valence-corrected chi connectivity index (χ4v) is 1.37. The van der Waals surface area contributed by atoms with Crippen molar-refractivity contribution in [3.63, 3.8) is 0 Å². The van der Waals surface area contributed by atoms with Crippen LogP contribution in [0, 0.1) is 0 Å². The van der Waals surface area contributed by atoms with Gasteiger partial charge in [-0.2, -0.15) is 0 Å². The maximum atomic E-state index is 12.8. The fraction of sp³-hybridized carbons (Fsp3) is 0.857. The van der Waals surface area contributed by atoms with Gasteiger partial charge in [-0.1, -0.05) is 5.11 Å². The molecule has 1 aliphatic heterocycles. The van der Waals surface area contributed by atoms with Crippen molar-refractivity contribution in [1.82, 2.24) is 4.90 Å². The number of rotatable bonds is 2. The Morgan fingerprint density at radius 1 is 1.64 bits per heavy atom. The molecule has 0 aromatic heterocycles. The van der Waals surface area contributed by atoms with Crippen LogP contribution in [0.2, 0.25) is 0 Å². The van der Waals surface area contributed by atoms with Crippen molar-refractivity contribution in [2.24, 2.45) is 5.11 Å². The van der Waals surface area contributed by atoms with Crippen molar-refractivity contribution in [1.29, 1.82) is 0 Å². The van der Waals surface area contributed by atoms with Gasteiger partial charge in [0.2, 0.25) is 5.91 Å². The van der Waals surface area contributed by atoms with Crippen molar-refractivity contribution in [2.45, 2.75) is 18.8 Å². The first kappa shape index (κ1) is 10.7. The summed E-state index contributed by atoms with van der Waals surface area (Å²) in [6, 6.07) is 0. The Kier molecular flexibility index (Phi) is 3.24. The monoisotopic (exact) mass is 204 g/mol. The molecule has 0 atom stereocenters. The summed E-state index contributed by atoms with van der Waals surface area (Å²) >= 11 is 0. The van der Waals surface area contributed by atoms with Crippen LogP contribution in [0.5, 0.6) is 0 Å². The molecule has 1 heterocycles. The number of alkyl halides is 2. The SMILES string of the molecule is [N-]=[N+]=NCC(=O)N1CCCC(F)(F)C1. The van der Waals surface area contributed by atoms with Gasteiger partial charge in [0, 0.05) is 17.9 Å². The van der Waals surface area contributed by atoms with Gasteiger partial charge < -0.3 is 4.90 Å². The van der Waals surface area contributed by atoms with Crippen LogP contribution in [0.1, 0.15) is 12.8 Å². The summed E-state index contributed by atoms with van der Waals surface area (Å²) in [5, 5.41) is 3.04. The van der Waals surface area contributed by atoms with Crippen molar-refractivity contribution >= 4 is 5.91 Å². The maximum absolute atomic E-state index is 12.8. The van der Waals surface area contributed by atoms with Gasteiger partial charge in [0.1, 0.15) is 6.54 Å². The first-order valence-corrected chi connectivity index (χ1v) is 4.22. The van der Waals surface area contributed by atoms with Gasteiger partial charge in [0.15, 0.2) is 0 Å². The molecule has 0 saturated carbocycles. The number of hydrogen-bond donors (Lipinski definition) is 0. The standard InChI is InChI=1S/C7H10F2N4O/c8-7(9)2-1-3-13(5-7)6(14)4-11-12-10/h1-5H2. The molecule has 0 bridgehead atoms. The van der Waals surface area contributed by atoms with E-state index in [0.717, 1.165) is 4.90 Å². The smallest absolute Gasteiger partial charge is 0.265 e. The van der Waals surface area contributed by atoms with Crippen LogP contribution in [-0.4, -0.2) is 36.4 Å². The largest absolute Gasteiger partial charge is 0.337 e. The molecule has 7 heteroatoms. The van der Waals surface area contributed by atoms with Gasteiger partial charge >= 0.3 is 0 Å². The Balaban J connectivity index is 2.51. The Hall–Kier alpha value is -1.36. The first-order valence-electron chi connectivity index (χ1n) is 4.22. The average molecular weight is 204 g/mol. The molecule has 1 aliphatic rings. The Morgan fingerprint density at radius 3 is 2.93 bits per heavy atom. The molecule has 0 aliphatic carbocycles. The Morgan fingerprint density at radius 2 is 2.36 bits per heavy atom. The van der Waals surface area contributed by atoms with E-state index in [9.17, 15) is 13.6 Å². The lowest BCUT2D eigenvalue weighted by molar-refractivity contribution is -0.140. The second-order valence-corrected chi connectivity index (χ2v) is 3.16. The molecular formula is C7H10F2N4O. The summed E-state index contributed by atoms with van der Waals surface area (Å²) in [5.74, 6) is -3.34. The van der Waals surface area contributed by atoms with E-state index in [-0.39, 0.29) is 19.4 Å². The number of piperidine rings is 1. The summed E-state index contributed by atoms with van der Waals surface area (Å²) in [7, 11) is 0. The highest BCUT2D eigenvalue weighted by molar-refractivity contribution is 5.78. The van der Waals surface area contributed by atoms with Crippen LogP contribution >= 0.6 is 0 Å². The van der Waals surface area contributed by atoms with Gasteiger partial charge in [-0.05, 0) is 12.0 Å². The number of carbonyl (C=O) groups excluding carboxylic acids is 1. The summed E-state index contributed by atoms with van der Waals surface area (Å²) in [5.41, 5.74) is 7.96. The Bertz CT molecular complexity index is 275. The number of amides is 1. The van der Waals surface area contributed by atoms with Crippen LogP contribution in [-0.2, 0) is 4.79 Å². The van der Waals surface area contributed by atoms with E-state index in [4.69, 9.17) is 5.53 Å². The molecule has 5 nitrogen and oxygen atoms in total. The second-order valence-electron chi connectivity index (χ2n) is 3.16. The molecule has 0 aromatic rings. The number of halogens is 2. The highest BCUT2D eigenvalue weighted by Gasteiger charge is 2.36. The molecule has 0 N–H and O–H groups in total. The quantitative estimate of drug-likeness (QED) is 0.382. The summed E-state index contributed by atoms with van der Waals surface area (Å²) in [6.45, 7) is -0.630. The molecule has 0 spiro atoms. The summed E-state index contributed by atoms with van der Waals surface area (Å²) in [4.78, 5) is 14.6. The highest BCUT2D eigenvalue weighted by atomic mass is 19.3. The van der Waals surface area contributed by atoms with Gasteiger partial charge in [-0.15, -0.1) is 0 Å². The predicted octanol–water partition coefficient (Wildman–Crippen LogP) is 1.55. The van der Waals surface area contributed by atoms with Crippen LogP contribution in [0.15, 0.2) is 5.11 Å². The number of hydrogen-bond acceptors (Lipinski definition) is 2. The van der Waals surface area contributed by atoms with E-state index in [2.05, 4.69) is 10.0 Å². The van der Waals surface area contributed by atoms with Crippen molar-refractivity contribution in [2.75, 3.05) is 19.6 Å². The van der Waals surface area contributed by atoms with Gasteiger partial charge in [-0.3, -0.25) is 4.79 Å². The van der Waals surface area contributed by atoms with Crippen molar-refractivity contribution in [3.05, 3.63) is 10.4 Å². The number of azide groups is 1. The number of likely N-dealkylation sites (tertiary alicyclic amines) is 1. The average Bonchev–Trinajstić information content (AvgIpc) is 2.12. The third kappa shape index (κ3) is 2.85. The zero-order chi connectivity index (χ0) is 10.6. The molecule has 0 unspecified atom stereocenters. The lowest BCUT2D eigenvalue weighted by atomic mass is 10.1. The molecule has 78 valence electrons. The first-order chi connectivity index (χ1) is 6.55. The van der Waals surface area contributed by atoms with Crippen molar-refractivity contribution < 1.29 is 13.6 Å². The fourth-order valence-electron chi connectivity index (χ4n) is 1.37. The normalized spacial score (nSPS) is 20.0. The van der Waals surface area contributed by atoms with Gasteiger partial charge in [0.25, 0.3) is 5.92 Å². The molecule has 1 fully saturated rings. The van der Waals surface area contributed by atoms with E-state index in [0.29, 0.717) is 6.54 Å². The highest BCUT2D eigenvalue weighted by Crippen LogP contribution is 2.26. The van der Waals surface area contributed by atoms with Crippen LogP contribution in [0.3, 0.4) is 0 Å². The summed E-state index contributed by atoms with van der Waals surface area (Å²) < 4.78 is 25.7. The van der Waals surface area contributed by atoms with E-state index in [1.165, 1.54) is 0 Å². The third-order valence-corrected chi connectivity index (χ3v) is 2.01. The van der Waals surface area contributed by atoms with Gasteiger partial charge in [0.05, 0.1) is 6.54 Å². The minimum absolute atomic E-state index is 0.182. The lowest BCUT2D eigenvalue weighted by Crippen LogP contribution is -2.46. The second kappa shape index (κ2) is 4.23. The molecule has 14 heavy (non-hydrogen) atoms.